The molecule has 1 heterocycles. The van der Waals surface area contributed by atoms with Crippen LogP contribution in [-0.4, -0.2) is 53.4 Å². The Morgan fingerprint density at radius 2 is 1.68 bits per heavy atom. The number of urea groups is 1. The Morgan fingerprint density at radius 1 is 1.14 bits per heavy atom. The number of hydrogen-bond donors (Lipinski definition) is 1. The number of nitrogens with zero attached hydrogens (tertiary/aromatic N) is 2. The number of imide groups is 1. The lowest BCUT2D eigenvalue weighted by Gasteiger charge is -2.35. The predicted octanol–water partition coefficient (Wildman–Crippen LogP) is 2.89. The van der Waals surface area contributed by atoms with E-state index < -0.39 is 17.5 Å². The van der Waals surface area contributed by atoms with Crippen molar-refractivity contribution in [3.8, 4) is 5.75 Å². The van der Waals surface area contributed by atoms with Crippen LogP contribution in [-0.2, 0) is 15.1 Å². The number of rotatable bonds is 8. The zero-order valence-electron chi connectivity index (χ0n) is 17.6. The van der Waals surface area contributed by atoms with Crippen LogP contribution < -0.4 is 10.1 Å². The van der Waals surface area contributed by atoms with E-state index in [4.69, 9.17) is 4.74 Å². The van der Waals surface area contributed by atoms with Gasteiger partial charge in [-0.3, -0.25) is 14.5 Å². The Hall–Kier alpha value is -2.57. The molecule has 1 aromatic carbocycles. The lowest BCUT2D eigenvalue weighted by molar-refractivity contribution is -0.141. The molecule has 28 heavy (non-hydrogen) atoms. The zero-order chi connectivity index (χ0) is 21.1. The molecular weight excluding hydrogens is 358 g/mol. The predicted molar refractivity (Wildman–Crippen MR) is 107 cm³/mol. The summed E-state index contributed by atoms with van der Waals surface area (Å²) >= 11 is 0. The summed E-state index contributed by atoms with van der Waals surface area (Å²) in [7, 11) is 1.56. The molecule has 0 unspecified atom stereocenters. The second-order valence-corrected chi connectivity index (χ2v) is 7.49. The van der Waals surface area contributed by atoms with Gasteiger partial charge in [-0.25, -0.2) is 4.79 Å². The minimum absolute atomic E-state index is 0.0381. The van der Waals surface area contributed by atoms with Crippen molar-refractivity contribution in [2.24, 2.45) is 0 Å². The van der Waals surface area contributed by atoms with Gasteiger partial charge >= 0.3 is 6.03 Å². The van der Waals surface area contributed by atoms with Crippen LogP contribution in [0.3, 0.4) is 0 Å². The van der Waals surface area contributed by atoms with Crippen molar-refractivity contribution in [1.82, 2.24) is 15.1 Å². The number of benzene rings is 1. The molecule has 1 aliphatic rings. The summed E-state index contributed by atoms with van der Waals surface area (Å²) in [5.74, 6) is 0.0179. The third-order valence-electron chi connectivity index (χ3n) is 5.66. The Morgan fingerprint density at radius 3 is 2.14 bits per heavy atom. The van der Waals surface area contributed by atoms with Crippen LogP contribution in [0.5, 0.6) is 5.75 Å². The highest BCUT2D eigenvalue weighted by Crippen LogP contribution is 2.30. The molecule has 0 aromatic heterocycles. The lowest BCUT2D eigenvalue weighted by Crippen LogP contribution is -2.50. The van der Waals surface area contributed by atoms with E-state index in [1.165, 1.54) is 0 Å². The molecule has 1 saturated heterocycles. The van der Waals surface area contributed by atoms with E-state index in [9.17, 15) is 14.4 Å². The summed E-state index contributed by atoms with van der Waals surface area (Å²) in [6, 6.07) is 6.49. The van der Waals surface area contributed by atoms with Crippen molar-refractivity contribution in [3.63, 3.8) is 0 Å². The number of methoxy groups -OCH3 is 1. The van der Waals surface area contributed by atoms with E-state index in [2.05, 4.69) is 5.32 Å². The molecule has 0 bridgehead atoms. The third kappa shape index (κ3) is 3.98. The van der Waals surface area contributed by atoms with Gasteiger partial charge in [0.25, 0.3) is 5.91 Å². The third-order valence-corrected chi connectivity index (χ3v) is 5.66. The van der Waals surface area contributed by atoms with Crippen LogP contribution >= 0.6 is 0 Å². The Kier molecular flexibility index (Phi) is 6.69. The molecule has 0 saturated carbocycles. The van der Waals surface area contributed by atoms with Gasteiger partial charge in [-0.1, -0.05) is 26.0 Å². The number of hydrogen-bond acceptors (Lipinski definition) is 4. The first-order valence-corrected chi connectivity index (χ1v) is 9.79. The molecule has 7 heteroatoms. The zero-order valence-corrected chi connectivity index (χ0v) is 17.6. The second kappa shape index (κ2) is 8.63. The molecular formula is C21H31N3O4. The fourth-order valence-corrected chi connectivity index (χ4v) is 3.50. The van der Waals surface area contributed by atoms with Crippen LogP contribution in [0.25, 0.3) is 0 Å². The first-order valence-electron chi connectivity index (χ1n) is 9.79. The summed E-state index contributed by atoms with van der Waals surface area (Å²) in [4.78, 5) is 41.4. The van der Waals surface area contributed by atoms with E-state index >= 15 is 0 Å². The minimum Gasteiger partial charge on any atom is -0.497 e. The molecule has 1 fully saturated rings. The molecule has 2 rings (SSSR count). The largest absolute Gasteiger partial charge is 0.497 e. The van der Waals surface area contributed by atoms with Crippen molar-refractivity contribution < 1.29 is 19.1 Å². The fraction of sp³-hybridized carbons (Fsp3) is 0.571. The maximum absolute atomic E-state index is 13.1. The normalized spacial score (nSPS) is 21.3. The SMILES string of the molecule is CC[C@@H](C)N(C(=O)CN1C(=O)N[C@](C)(c2ccc(OC)cc2)C1=O)[C@H](C)CC. The van der Waals surface area contributed by atoms with E-state index in [0.29, 0.717) is 11.3 Å². The average molecular weight is 389 g/mol. The monoisotopic (exact) mass is 389 g/mol. The highest BCUT2D eigenvalue weighted by Gasteiger charge is 2.50. The van der Waals surface area contributed by atoms with Gasteiger partial charge in [0, 0.05) is 12.1 Å². The molecule has 7 nitrogen and oxygen atoms in total. The summed E-state index contributed by atoms with van der Waals surface area (Å²) in [6.07, 6.45) is 1.61. The summed E-state index contributed by atoms with van der Waals surface area (Å²) < 4.78 is 5.15. The van der Waals surface area contributed by atoms with Crippen molar-refractivity contribution in [3.05, 3.63) is 29.8 Å². The topological polar surface area (TPSA) is 79.0 Å². The van der Waals surface area contributed by atoms with E-state index in [0.717, 1.165) is 17.7 Å². The number of carbonyl (C=O) groups excluding carboxylic acids is 3. The molecule has 3 atom stereocenters. The van der Waals surface area contributed by atoms with E-state index in [-0.39, 0.29) is 24.5 Å². The molecule has 1 N–H and O–H groups in total. The van der Waals surface area contributed by atoms with Crippen molar-refractivity contribution in [1.29, 1.82) is 0 Å². The van der Waals surface area contributed by atoms with Crippen molar-refractivity contribution in [2.45, 2.75) is 65.1 Å². The summed E-state index contributed by atoms with van der Waals surface area (Å²) in [6.45, 7) is 9.39. The number of amides is 4. The first kappa shape index (κ1) is 21.7. The van der Waals surface area contributed by atoms with Gasteiger partial charge in [-0.05, 0) is 51.3 Å². The van der Waals surface area contributed by atoms with Gasteiger partial charge in [0.05, 0.1) is 7.11 Å². The molecule has 0 radical (unpaired) electrons. The quantitative estimate of drug-likeness (QED) is 0.694. The smallest absolute Gasteiger partial charge is 0.325 e. The number of carbonyl (C=O) groups is 3. The molecule has 0 spiro atoms. The summed E-state index contributed by atoms with van der Waals surface area (Å²) in [5.41, 5.74) is -0.566. The van der Waals surface area contributed by atoms with Gasteiger partial charge < -0.3 is 15.0 Å². The second-order valence-electron chi connectivity index (χ2n) is 7.49. The Balaban J connectivity index is 2.23. The lowest BCUT2D eigenvalue weighted by atomic mass is 9.92. The highest BCUT2D eigenvalue weighted by molar-refractivity contribution is 6.09. The van der Waals surface area contributed by atoms with Crippen LogP contribution in [0.1, 0.15) is 53.0 Å². The average Bonchev–Trinajstić information content (AvgIpc) is 2.91. The van der Waals surface area contributed by atoms with Crippen LogP contribution in [0.2, 0.25) is 0 Å². The van der Waals surface area contributed by atoms with Crippen molar-refractivity contribution >= 4 is 17.8 Å². The number of ether oxygens (including phenoxy) is 1. The van der Waals surface area contributed by atoms with Crippen LogP contribution in [0, 0.1) is 0 Å². The van der Waals surface area contributed by atoms with Gasteiger partial charge in [-0.15, -0.1) is 0 Å². The Bertz CT molecular complexity index is 724. The molecule has 1 aromatic rings. The Labute approximate surface area is 167 Å². The van der Waals surface area contributed by atoms with Gasteiger partial charge in [0.2, 0.25) is 5.91 Å². The molecule has 4 amide bonds. The molecule has 154 valence electrons. The minimum atomic E-state index is -1.21. The van der Waals surface area contributed by atoms with Crippen LogP contribution in [0.15, 0.2) is 24.3 Å². The summed E-state index contributed by atoms with van der Waals surface area (Å²) in [5, 5.41) is 2.74. The number of nitrogens with one attached hydrogen (secondary N) is 1. The van der Waals surface area contributed by atoms with E-state index in [1.54, 1.807) is 43.2 Å². The first-order chi connectivity index (χ1) is 13.2. The highest BCUT2D eigenvalue weighted by atomic mass is 16.5. The maximum atomic E-state index is 13.1. The van der Waals surface area contributed by atoms with Crippen LogP contribution in [0.4, 0.5) is 4.79 Å². The molecule has 1 aliphatic heterocycles. The maximum Gasteiger partial charge on any atom is 0.325 e. The van der Waals surface area contributed by atoms with Crippen molar-refractivity contribution in [2.75, 3.05) is 13.7 Å². The van der Waals surface area contributed by atoms with Gasteiger partial charge in [-0.2, -0.15) is 0 Å². The van der Waals surface area contributed by atoms with E-state index in [1.807, 2.05) is 27.7 Å². The fourth-order valence-electron chi connectivity index (χ4n) is 3.50. The molecule has 0 aliphatic carbocycles. The van der Waals surface area contributed by atoms with Gasteiger partial charge in [0.15, 0.2) is 0 Å². The standard InChI is InChI=1S/C21H31N3O4/c1-7-14(3)24(15(4)8-2)18(25)13-23-19(26)21(5,22-20(23)27)16-9-11-17(28-6)12-10-16/h9-12,14-15H,7-8,13H2,1-6H3,(H,22,27)/t14-,15-,21-/m1/s1. The van der Waals surface area contributed by atoms with Gasteiger partial charge in [0.1, 0.15) is 17.8 Å².